The number of rotatable bonds is 4. The van der Waals surface area contributed by atoms with Gasteiger partial charge in [-0.3, -0.25) is 19.5 Å². The van der Waals surface area contributed by atoms with Crippen LogP contribution in [0.4, 0.5) is 0 Å². The number of methoxy groups -OCH3 is 1. The summed E-state index contributed by atoms with van der Waals surface area (Å²) in [6.07, 6.45) is 6.25. The number of aromatic amines is 1. The van der Waals surface area contributed by atoms with Crippen LogP contribution in [-0.2, 0) is 13.1 Å². The highest BCUT2D eigenvalue weighted by molar-refractivity contribution is 5.62. The Morgan fingerprint density at radius 2 is 2.07 bits per heavy atom. The van der Waals surface area contributed by atoms with Crippen LogP contribution in [0.5, 0.6) is 5.75 Å². The summed E-state index contributed by atoms with van der Waals surface area (Å²) in [6.45, 7) is 3.20. The van der Waals surface area contributed by atoms with E-state index in [0.29, 0.717) is 24.1 Å². The maximum absolute atomic E-state index is 12.8. The van der Waals surface area contributed by atoms with E-state index < -0.39 is 0 Å². The van der Waals surface area contributed by atoms with Crippen molar-refractivity contribution in [1.82, 2.24) is 19.4 Å². The Labute approximate surface area is 174 Å². The summed E-state index contributed by atoms with van der Waals surface area (Å²) in [5, 5.41) is 0. The van der Waals surface area contributed by atoms with E-state index in [9.17, 15) is 9.59 Å². The average Bonchev–Trinajstić information content (AvgIpc) is 2.75. The van der Waals surface area contributed by atoms with Crippen LogP contribution in [0, 0.1) is 5.92 Å². The molecular weight excluding hydrogens is 380 g/mol. The molecule has 0 amide bonds. The van der Waals surface area contributed by atoms with Gasteiger partial charge in [0.05, 0.1) is 7.11 Å². The summed E-state index contributed by atoms with van der Waals surface area (Å²) in [5.74, 6) is 1.06. The van der Waals surface area contributed by atoms with Gasteiger partial charge in [-0.05, 0) is 30.0 Å². The summed E-state index contributed by atoms with van der Waals surface area (Å²) in [6, 6.07) is 9.36. The summed E-state index contributed by atoms with van der Waals surface area (Å²) in [7, 11) is 1.50. The molecule has 0 radical (unpaired) electrons. The van der Waals surface area contributed by atoms with Gasteiger partial charge in [-0.25, -0.2) is 0 Å². The monoisotopic (exact) mass is 404 g/mol. The standard InChI is InChI=1S/C23H24N4O3/c1-30-22-10-25-19(8-21(22)28)14-26-11-15-5-18(13-26)20-6-17(7-23(29)27(20)12-15)16-3-2-4-24-9-16/h2-4,6-10,15,18H,5,11-14H2,1H3,(H,25,28)/t15-,18+/m0/s1. The maximum atomic E-state index is 12.8. The minimum atomic E-state index is -0.110. The maximum Gasteiger partial charge on any atom is 0.251 e. The third kappa shape index (κ3) is 3.45. The van der Waals surface area contributed by atoms with Crippen LogP contribution in [0.15, 0.2) is 58.5 Å². The van der Waals surface area contributed by atoms with Gasteiger partial charge in [0.25, 0.3) is 5.56 Å². The summed E-state index contributed by atoms with van der Waals surface area (Å²) < 4.78 is 7.00. The number of nitrogens with zero attached hydrogens (tertiary/aromatic N) is 3. The van der Waals surface area contributed by atoms with Gasteiger partial charge in [0.2, 0.25) is 5.43 Å². The van der Waals surface area contributed by atoms with Crippen molar-refractivity contribution in [3.8, 4) is 16.9 Å². The van der Waals surface area contributed by atoms with Gasteiger partial charge in [-0.15, -0.1) is 0 Å². The number of ether oxygens (including phenoxy) is 1. The molecule has 2 bridgehead atoms. The highest BCUT2D eigenvalue weighted by Gasteiger charge is 2.35. The molecule has 154 valence electrons. The second kappa shape index (κ2) is 7.57. The number of pyridine rings is 3. The molecule has 7 nitrogen and oxygen atoms in total. The minimum Gasteiger partial charge on any atom is -0.491 e. The summed E-state index contributed by atoms with van der Waals surface area (Å²) in [4.78, 5) is 34.6. The number of likely N-dealkylation sites (tertiary alicyclic amines) is 1. The molecule has 2 aliphatic rings. The molecule has 2 aliphatic heterocycles. The van der Waals surface area contributed by atoms with Crippen LogP contribution >= 0.6 is 0 Å². The number of aromatic nitrogens is 3. The molecule has 2 atom stereocenters. The van der Waals surface area contributed by atoms with Crippen molar-refractivity contribution in [2.75, 3.05) is 20.2 Å². The molecule has 0 aliphatic carbocycles. The van der Waals surface area contributed by atoms with Gasteiger partial charge in [-0.2, -0.15) is 0 Å². The number of fused-ring (bicyclic) bond motifs is 4. The molecule has 1 N–H and O–H groups in total. The highest BCUT2D eigenvalue weighted by atomic mass is 16.5. The molecule has 0 aromatic carbocycles. The summed E-state index contributed by atoms with van der Waals surface area (Å²) in [5.41, 5.74) is 3.82. The molecule has 5 rings (SSSR count). The van der Waals surface area contributed by atoms with E-state index in [1.807, 2.05) is 16.7 Å². The zero-order valence-electron chi connectivity index (χ0n) is 16.9. The second-order valence-electron chi connectivity index (χ2n) is 8.24. The molecule has 0 unspecified atom stereocenters. The topological polar surface area (TPSA) is 80.2 Å². The number of piperidine rings is 1. The normalized spacial score (nSPS) is 20.6. The van der Waals surface area contributed by atoms with E-state index in [-0.39, 0.29) is 11.0 Å². The zero-order chi connectivity index (χ0) is 20.7. The van der Waals surface area contributed by atoms with E-state index in [0.717, 1.165) is 48.6 Å². The van der Waals surface area contributed by atoms with Gasteiger partial charge in [0, 0.05) is 79.8 Å². The third-order valence-corrected chi connectivity index (χ3v) is 6.18. The molecule has 3 aromatic heterocycles. The zero-order valence-corrected chi connectivity index (χ0v) is 16.9. The van der Waals surface area contributed by atoms with E-state index in [1.165, 1.54) is 7.11 Å². The lowest BCUT2D eigenvalue weighted by Crippen LogP contribution is -2.46. The lowest BCUT2D eigenvalue weighted by atomic mass is 9.82. The Morgan fingerprint density at radius 1 is 1.17 bits per heavy atom. The van der Waals surface area contributed by atoms with Gasteiger partial charge < -0.3 is 14.3 Å². The molecular formula is C23H24N4O3. The van der Waals surface area contributed by atoms with Crippen molar-refractivity contribution in [3.05, 3.63) is 80.9 Å². The highest BCUT2D eigenvalue weighted by Crippen LogP contribution is 2.36. The Hall–Kier alpha value is -3.19. The van der Waals surface area contributed by atoms with Crippen molar-refractivity contribution in [2.45, 2.75) is 25.4 Å². The van der Waals surface area contributed by atoms with Crippen molar-refractivity contribution in [2.24, 2.45) is 5.92 Å². The number of hydrogen-bond acceptors (Lipinski definition) is 5. The average molecular weight is 404 g/mol. The fourth-order valence-corrected chi connectivity index (χ4v) is 4.88. The number of nitrogens with one attached hydrogen (secondary N) is 1. The largest absolute Gasteiger partial charge is 0.491 e. The van der Waals surface area contributed by atoms with Gasteiger partial charge in [0.15, 0.2) is 5.75 Å². The van der Waals surface area contributed by atoms with Gasteiger partial charge in [-0.1, -0.05) is 6.07 Å². The molecule has 0 spiro atoms. The fourth-order valence-electron chi connectivity index (χ4n) is 4.88. The Balaban J connectivity index is 1.42. The van der Waals surface area contributed by atoms with Crippen LogP contribution in [0.25, 0.3) is 11.1 Å². The lowest BCUT2D eigenvalue weighted by molar-refractivity contribution is 0.113. The Bertz CT molecular complexity index is 1190. The second-order valence-corrected chi connectivity index (χ2v) is 8.24. The van der Waals surface area contributed by atoms with Crippen molar-refractivity contribution in [1.29, 1.82) is 0 Å². The quantitative estimate of drug-likeness (QED) is 0.721. The molecule has 0 saturated carbocycles. The minimum absolute atomic E-state index is 0.0639. The van der Waals surface area contributed by atoms with Crippen molar-refractivity contribution >= 4 is 0 Å². The third-order valence-electron chi connectivity index (χ3n) is 6.18. The number of H-pyrrole nitrogens is 1. The predicted octanol–water partition coefficient (Wildman–Crippen LogP) is 2.23. The van der Waals surface area contributed by atoms with Crippen LogP contribution in [0.2, 0.25) is 0 Å². The van der Waals surface area contributed by atoms with Gasteiger partial charge in [0.1, 0.15) is 0 Å². The van der Waals surface area contributed by atoms with Crippen LogP contribution in [0.1, 0.15) is 23.7 Å². The number of hydrogen-bond donors (Lipinski definition) is 1. The first-order valence-corrected chi connectivity index (χ1v) is 10.2. The first-order chi connectivity index (χ1) is 14.6. The fraction of sp³-hybridized carbons (Fsp3) is 0.348. The molecule has 3 aromatic rings. The van der Waals surface area contributed by atoms with Gasteiger partial charge >= 0.3 is 0 Å². The van der Waals surface area contributed by atoms with E-state index in [1.54, 1.807) is 30.7 Å². The van der Waals surface area contributed by atoms with Crippen LogP contribution < -0.4 is 15.7 Å². The van der Waals surface area contributed by atoms with E-state index >= 15 is 0 Å². The van der Waals surface area contributed by atoms with Crippen molar-refractivity contribution < 1.29 is 4.74 Å². The molecule has 7 heteroatoms. The first kappa shape index (κ1) is 18.8. The smallest absolute Gasteiger partial charge is 0.251 e. The molecule has 30 heavy (non-hydrogen) atoms. The first-order valence-electron chi connectivity index (χ1n) is 10.2. The van der Waals surface area contributed by atoms with E-state index in [4.69, 9.17) is 4.74 Å². The van der Waals surface area contributed by atoms with E-state index in [2.05, 4.69) is 20.9 Å². The Morgan fingerprint density at radius 3 is 2.83 bits per heavy atom. The summed E-state index contributed by atoms with van der Waals surface area (Å²) >= 11 is 0. The SMILES string of the molecule is COc1c[nH]c(CN2C[C@@H]3C[C@H](C2)c2cc(-c4cccnc4)cc(=O)n2C3)cc1=O. The van der Waals surface area contributed by atoms with Crippen molar-refractivity contribution in [3.63, 3.8) is 0 Å². The molecule has 5 heterocycles. The van der Waals surface area contributed by atoms with Crippen LogP contribution in [0.3, 0.4) is 0 Å². The predicted molar refractivity (Wildman–Crippen MR) is 114 cm³/mol. The molecule has 1 saturated heterocycles. The Kier molecular flexibility index (Phi) is 4.75. The lowest BCUT2D eigenvalue weighted by Gasteiger charge is -2.43. The van der Waals surface area contributed by atoms with Crippen LogP contribution in [-0.4, -0.2) is 39.6 Å². The molecule has 1 fully saturated rings.